The lowest BCUT2D eigenvalue weighted by molar-refractivity contribution is 0.237. The van der Waals surface area contributed by atoms with Crippen molar-refractivity contribution in [1.29, 1.82) is 0 Å². The van der Waals surface area contributed by atoms with Gasteiger partial charge in [-0.05, 0) is 56.1 Å². The lowest BCUT2D eigenvalue weighted by Gasteiger charge is -2.26. The van der Waals surface area contributed by atoms with Crippen LogP contribution in [0.4, 0.5) is 0 Å². The van der Waals surface area contributed by atoms with E-state index in [0.717, 1.165) is 42.3 Å². The highest BCUT2D eigenvalue weighted by Crippen LogP contribution is 2.22. The third-order valence-electron chi connectivity index (χ3n) is 2.79. The van der Waals surface area contributed by atoms with E-state index >= 15 is 0 Å². The molecular weight excluding hydrogens is 254 g/mol. The maximum Gasteiger partial charge on any atom is 0.122 e. The highest BCUT2D eigenvalue weighted by molar-refractivity contribution is 9.10. The third-order valence-corrected chi connectivity index (χ3v) is 3.28. The second kappa shape index (κ2) is 4.99. The summed E-state index contributed by atoms with van der Waals surface area (Å²) in [5, 5.41) is 3.27. The molecule has 0 unspecified atom stereocenters. The van der Waals surface area contributed by atoms with E-state index in [1.54, 1.807) is 0 Å². The molecule has 0 bridgehead atoms. The topological polar surface area (TPSA) is 21.3 Å². The minimum absolute atomic E-state index is 0.820. The summed E-state index contributed by atoms with van der Waals surface area (Å²) in [6.45, 7) is 5.21. The quantitative estimate of drug-likeness (QED) is 0.908. The molecule has 1 heterocycles. The fourth-order valence-corrected chi connectivity index (χ4v) is 2.14. The first-order chi connectivity index (χ1) is 7.25. The van der Waals surface area contributed by atoms with E-state index in [-0.39, 0.29) is 0 Å². The SMILES string of the molecule is Cc1cc(Br)ccc1OCCC1CNC1. The highest BCUT2D eigenvalue weighted by atomic mass is 79.9. The van der Waals surface area contributed by atoms with Crippen molar-refractivity contribution in [2.24, 2.45) is 5.92 Å². The summed E-state index contributed by atoms with van der Waals surface area (Å²) in [6, 6.07) is 6.13. The van der Waals surface area contributed by atoms with E-state index in [1.807, 2.05) is 12.1 Å². The molecule has 0 radical (unpaired) electrons. The van der Waals surface area contributed by atoms with Gasteiger partial charge in [-0.15, -0.1) is 0 Å². The first kappa shape index (κ1) is 11.0. The minimum Gasteiger partial charge on any atom is -0.493 e. The van der Waals surface area contributed by atoms with Crippen molar-refractivity contribution in [2.45, 2.75) is 13.3 Å². The molecule has 0 aliphatic carbocycles. The fourth-order valence-electron chi connectivity index (χ4n) is 1.66. The normalized spacial score (nSPS) is 16.1. The van der Waals surface area contributed by atoms with Gasteiger partial charge in [0.1, 0.15) is 5.75 Å². The Morgan fingerprint density at radius 3 is 2.87 bits per heavy atom. The predicted molar refractivity (Wildman–Crippen MR) is 65.4 cm³/mol. The van der Waals surface area contributed by atoms with E-state index in [2.05, 4.69) is 34.2 Å². The lowest BCUT2D eigenvalue weighted by Crippen LogP contribution is -2.42. The van der Waals surface area contributed by atoms with Crippen molar-refractivity contribution in [3.8, 4) is 5.75 Å². The maximum atomic E-state index is 5.75. The summed E-state index contributed by atoms with van der Waals surface area (Å²) in [6.07, 6.45) is 1.16. The number of hydrogen-bond acceptors (Lipinski definition) is 2. The highest BCUT2D eigenvalue weighted by Gasteiger charge is 2.16. The number of hydrogen-bond donors (Lipinski definition) is 1. The zero-order valence-electron chi connectivity index (χ0n) is 8.92. The van der Waals surface area contributed by atoms with Crippen LogP contribution in [0.15, 0.2) is 22.7 Å². The first-order valence-corrected chi connectivity index (χ1v) is 6.14. The Kier molecular flexibility index (Phi) is 3.65. The molecule has 0 aromatic heterocycles. The van der Waals surface area contributed by atoms with E-state index in [9.17, 15) is 0 Å². The monoisotopic (exact) mass is 269 g/mol. The molecule has 0 spiro atoms. The van der Waals surface area contributed by atoms with Crippen LogP contribution in [0, 0.1) is 12.8 Å². The Morgan fingerprint density at radius 1 is 1.47 bits per heavy atom. The number of ether oxygens (including phenoxy) is 1. The Balaban J connectivity index is 1.81. The van der Waals surface area contributed by atoms with Crippen LogP contribution in [0.2, 0.25) is 0 Å². The van der Waals surface area contributed by atoms with Gasteiger partial charge in [-0.3, -0.25) is 0 Å². The molecule has 2 nitrogen and oxygen atoms in total. The number of aryl methyl sites for hydroxylation is 1. The smallest absolute Gasteiger partial charge is 0.122 e. The summed E-state index contributed by atoms with van der Waals surface area (Å²) in [5.74, 6) is 1.83. The summed E-state index contributed by atoms with van der Waals surface area (Å²) in [7, 11) is 0. The maximum absolute atomic E-state index is 5.75. The van der Waals surface area contributed by atoms with E-state index in [0.29, 0.717) is 0 Å². The van der Waals surface area contributed by atoms with Gasteiger partial charge in [0.15, 0.2) is 0 Å². The Labute approximate surface area is 99.1 Å². The number of benzene rings is 1. The zero-order chi connectivity index (χ0) is 10.7. The van der Waals surface area contributed by atoms with Crippen LogP contribution in [-0.2, 0) is 0 Å². The molecule has 1 fully saturated rings. The van der Waals surface area contributed by atoms with Crippen LogP contribution < -0.4 is 10.1 Å². The van der Waals surface area contributed by atoms with Crippen LogP contribution in [0.1, 0.15) is 12.0 Å². The van der Waals surface area contributed by atoms with Gasteiger partial charge in [0.2, 0.25) is 0 Å². The molecule has 1 N–H and O–H groups in total. The van der Waals surface area contributed by atoms with Gasteiger partial charge in [-0.1, -0.05) is 15.9 Å². The molecule has 1 aromatic rings. The molecule has 0 atom stereocenters. The Hall–Kier alpha value is -0.540. The van der Waals surface area contributed by atoms with Gasteiger partial charge in [0, 0.05) is 4.47 Å². The molecule has 3 heteroatoms. The molecule has 15 heavy (non-hydrogen) atoms. The molecule has 1 aliphatic rings. The van der Waals surface area contributed by atoms with Crippen LogP contribution in [-0.4, -0.2) is 19.7 Å². The van der Waals surface area contributed by atoms with Gasteiger partial charge < -0.3 is 10.1 Å². The largest absolute Gasteiger partial charge is 0.493 e. The van der Waals surface area contributed by atoms with E-state index in [1.165, 1.54) is 5.56 Å². The van der Waals surface area contributed by atoms with Crippen LogP contribution >= 0.6 is 15.9 Å². The fraction of sp³-hybridized carbons (Fsp3) is 0.500. The summed E-state index contributed by atoms with van der Waals surface area (Å²) < 4.78 is 6.86. The van der Waals surface area contributed by atoms with Crippen molar-refractivity contribution >= 4 is 15.9 Å². The van der Waals surface area contributed by atoms with E-state index < -0.39 is 0 Å². The number of nitrogens with one attached hydrogen (secondary N) is 1. The first-order valence-electron chi connectivity index (χ1n) is 5.35. The molecule has 1 aromatic carbocycles. The van der Waals surface area contributed by atoms with Crippen LogP contribution in [0.3, 0.4) is 0 Å². The molecule has 0 amide bonds. The molecule has 1 aliphatic heterocycles. The molecular formula is C12H16BrNO. The average Bonchev–Trinajstić information content (AvgIpc) is 2.12. The van der Waals surface area contributed by atoms with Crippen LogP contribution in [0.5, 0.6) is 5.75 Å². The van der Waals surface area contributed by atoms with Crippen molar-refractivity contribution in [2.75, 3.05) is 19.7 Å². The summed E-state index contributed by atoms with van der Waals surface area (Å²) in [5.41, 5.74) is 1.19. The Bertz CT molecular complexity index is 336. The van der Waals surface area contributed by atoms with Gasteiger partial charge in [-0.25, -0.2) is 0 Å². The van der Waals surface area contributed by atoms with Gasteiger partial charge >= 0.3 is 0 Å². The summed E-state index contributed by atoms with van der Waals surface area (Å²) in [4.78, 5) is 0. The van der Waals surface area contributed by atoms with Crippen molar-refractivity contribution in [1.82, 2.24) is 5.32 Å². The molecule has 1 saturated heterocycles. The predicted octanol–water partition coefficient (Wildman–Crippen LogP) is 2.75. The minimum atomic E-state index is 0.820. The number of halogens is 1. The van der Waals surface area contributed by atoms with Crippen molar-refractivity contribution in [3.63, 3.8) is 0 Å². The second-order valence-electron chi connectivity index (χ2n) is 4.07. The standard InChI is InChI=1S/C12H16BrNO/c1-9-6-11(13)2-3-12(9)15-5-4-10-7-14-8-10/h2-3,6,10,14H,4-5,7-8H2,1H3. The lowest BCUT2D eigenvalue weighted by atomic mass is 10.0. The molecule has 82 valence electrons. The summed E-state index contributed by atoms with van der Waals surface area (Å²) >= 11 is 3.44. The third kappa shape index (κ3) is 2.95. The second-order valence-corrected chi connectivity index (χ2v) is 4.99. The van der Waals surface area contributed by atoms with Gasteiger partial charge in [0.25, 0.3) is 0 Å². The number of rotatable bonds is 4. The van der Waals surface area contributed by atoms with E-state index in [4.69, 9.17) is 4.74 Å². The molecule has 2 rings (SSSR count). The Morgan fingerprint density at radius 2 is 2.27 bits per heavy atom. The van der Waals surface area contributed by atoms with Gasteiger partial charge in [0.05, 0.1) is 6.61 Å². The zero-order valence-corrected chi connectivity index (χ0v) is 10.5. The van der Waals surface area contributed by atoms with Gasteiger partial charge in [-0.2, -0.15) is 0 Å². The average molecular weight is 270 g/mol. The van der Waals surface area contributed by atoms with Crippen molar-refractivity contribution in [3.05, 3.63) is 28.2 Å². The van der Waals surface area contributed by atoms with Crippen molar-refractivity contribution < 1.29 is 4.74 Å². The van der Waals surface area contributed by atoms with Crippen LogP contribution in [0.25, 0.3) is 0 Å². The molecule has 0 saturated carbocycles.